The maximum absolute atomic E-state index is 12.2. The average molecular weight is 362 g/mol. The highest BCUT2D eigenvalue weighted by Crippen LogP contribution is 2.27. The molecule has 0 spiro atoms. The van der Waals surface area contributed by atoms with Crippen LogP contribution in [-0.4, -0.2) is 34.6 Å². The van der Waals surface area contributed by atoms with Crippen molar-refractivity contribution in [1.82, 2.24) is 4.90 Å². The molecule has 2 rings (SSSR count). The zero-order chi connectivity index (χ0) is 14.7. The Bertz CT molecular complexity index is 538. The summed E-state index contributed by atoms with van der Waals surface area (Å²) in [6.07, 6.45) is 1.51. The minimum Gasteiger partial charge on any atom is -0.481 e. The van der Waals surface area contributed by atoms with Gasteiger partial charge in [0.15, 0.2) is 0 Å². The van der Waals surface area contributed by atoms with E-state index in [1.54, 1.807) is 23.1 Å². The van der Waals surface area contributed by atoms with E-state index in [-0.39, 0.29) is 18.5 Å². The Labute approximate surface area is 130 Å². The van der Waals surface area contributed by atoms with Gasteiger partial charge in [-0.2, -0.15) is 0 Å². The molecule has 2 N–H and O–H groups in total. The van der Waals surface area contributed by atoms with E-state index in [2.05, 4.69) is 21.2 Å². The number of hydrogen-bond acceptors (Lipinski definition) is 2. The topological polar surface area (TPSA) is 69.6 Å². The van der Waals surface area contributed by atoms with E-state index in [9.17, 15) is 9.59 Å². The number of carbonyl (C=O) groups is 2. The molecule has 20 heavy (non-hydrogen) atoms. The SMILES string of the molecule is O=C(O)CC1CCCN1C(=O)Nc1ccc(Br)cc1Cl. The molecule has 1 heterocycles. The number of anilines is 1. The summed E-state index contributed by atoms with van der Waals surface area (Å²) in [7, 11) is 0. The van der Waals surface area contributed by atoms with Crippen LogP contribution in [0.5, 0.6) is 0 Å². The molecule has 1 atom stereocenters. The van der Waals surface area contributed by atoms with Crippen LogP contribution in [0.2, 0.25) is 5.02 Å². The molecule has 1 aromatic rings. The summed E-state index contributed by atoms with van der Waals surface area (Å²) in [6, 6.07) is 4.61. The van der Waals surface area contributed by atoms with Crippen molar-refractivity contribution in [3.05, 3.63) is 27.7 Å². The van der Waals surface area contributed by atoms with Crippen molar-refractivity contribution in [3.63, 3.8) is 0 Å². The number of carbonyl (C=O) groups excluding carboxylic acids is 1. The van der Waals surface area contributed by atoms with Crippen molar-refractivity contribution in [2.45, 2.75) is 25.3 Å². The lowest BCUT2D eigenvalue weighted by molar-refractivity contribution is -0.137. The van der Waals surface area contributed by atoms with E-state index in [0.29, 0.717) is 23.7 Å². The predicted octanol–water partition coefficient (Wildman–Crippen LogP) is 3.57. The number of amides is 2. The Morgan fingerprint density at radius 3 is 2.90 bits per heavy atom. The molecule has 1 unspecified atom stereocenters. The van der Waals surface area contributed by atoms with Gasteiger partial charge in [-0.3, -0.25) is 4.79 Å². The van der Waals surface area contributed by atoms with Gasteiger partial charge in [0.2, 0.25) is 0 Å². The molecule has 1 fully saturated rings. The summed E-state index contributed by atoms with van der Waals surface area (Å²) in [4.78, 5) is 24.5. The van der Waals surface area contributed by atoms with Gasteiger partial charge in [0.1, 0.15) is 0 Å². The van der Waals surface area contributed by atoms with Crippen molar-refractivity contribution < 1.29 is 14.7 Å². The Balaban J connectivity index is 2.05. The second-order valence-electron chi connectivity index (χ2n) is 4.64. The highest BCUT2D eigenvalue weighted by atomic mass is 79.9. The van der Waals surface area contributed by atoms with Crippen molar-refractivity contribution in [1.29, 1.82) is 0 Å². The first kappa shape index (κ1) is 15.1. The van der Waals surface area contributed by atoms with Crippen molar-refractivity contribution in [3.8, 4) is 0 Å². The maximum Gasteiger partial charge on any atom is 0.322 e. The smallest absolute Gasteiger partial charge is 0.322 e. The fraction of sp³-hybridized carbons (Fsp3) is 0.385. The molecule has 1 aliphatic rings. The monoisotopic (exact) mass is 360 g/mol. The summed E-state index contributed by atoms with van der Waals surface area (Å²) in [5, 5.41) is 12.0. The molecule has 2 amide bonds. The lowest BCUT2D eigenvalue weighted by atomic mass is 10.1. The molecule has 0 bridgehead atoms. The highest BCUT2D eigenvalue weighted by Gasteiger charge is 2.30. The number of hydrogen-bond donors (Lipinski definition) is 2. The van der Waals surface area contributed by atoms with Gasteiger partial charge < -0.3 is 15.3 Å². The first-order valence-electron chi connectivity index (χ1n) is 6.22. The normalized spacial score (nSPS) is 18.1. The van der Waals surface area contributed by atoms with Gasteiger partial charge in [-0.15, -0.1) is 0 Å². The number of nitrogens with zero attached hydrogens (tertiary/aromatic N) is 1. The molecule has 7 heteroatoms. The largest absolute Gasteiger partial charge is 0.481 e. The molecule has 5 nitrogen and oxygen atoms in total. The van der Waals surface area contributed by atoms with E-state index in [0.717, 1.165) is 10.9 Å². The van der Waals surface area contributed by atoms with Crippen molar-refractivity contribution in [2.24, 2.45) is 0 Å². The van der Waals surface area contributed by atoms with Crippen LogP contribution >= 0.6 is 27.5 Å². The Morgan fingerprint density at radius 2 is 2.25 bits per heavy atom. The number of rotatable bonds is 3. The fourth-order valence-corrected chi connectivity index (χ4v) is 3.02. The molecule has 0 saturated carbocycles. The second-order valence-corrected chi connectivity index (χ2v) is 5.96. The third-order valence-electron chi connectivity index (χ3n) is 3.22. The molecule has 0 aliphatic carbocycles. The highest BCUT2D eigenvalue weighted by molar-refractivity contribution is 9.10. The molecular formula is C13H14BrClN2O3. The van der Waals surface area contributed by atoms with Crippen LogP contribution in [0.15, 0.2) is 22.7 Å². The molecular weight excluding hydrogens is 348 g/mol. The number of benzene rings is 1. The number of nitrogens with one attached hydrogen (secondary N) is 1. The van der Waals surface area contributed by atoms with E-state index in [1.165, 1.54) is 0 Å². The number of likely N-dealkylation sites (tertiary alicyclic amines) is 1. The Hall–Kier alpha value is -1.27. The minimum absolute atomic E-state index is 0.0263. The summed E-state index contributed by atoms with van der Waals surface area (Å²) in [5.41, 5.74) is 0.515. The molecule has 1 aliphatic heterocycles. The van der Waals surface area contributed by atoms with Crippen LogP contribution in [-0.2, 0) is 4.79 Å². The lowest BCUT2D eigenvalue weighted by Gasteiger charge is -2.24. The van der Waals surface area contributed by atoms with Crippen LogP contribution < -0.4 is 5.32 Å². The first-order valence-corrected chi connectivity index (χ1v) is 7.39. The quantitative estimate of drug-likeness (QED) is 0.864. The third kappa shape index (κ3) is 3.64. The first-order chi connectivity index (χ1) is 9.47. The van der Waals surface area contributed by atoms with Crippen molar-refractivity contribution >= 4 is 45.2 Å². The van der Waals surface area contributed by atoms with Crippen LogP contribution in [0.25, 0.3) is 0 Å². The Morgan fingerprint density at radius 1 is 1.50 bits per heavy atom. The van der Waals surface area contributed by atoms with Gasteiger partial charge in [0, 0.05) is 17.1 Å². The Kier molecular flexibility index (Phi) is 4.88. The van der Waals surface area contributed by atoms with Gasteiger partial charge in [-0.25, -0.2) is 4.79 Å². The third-order valence-corrected chi connectivity index (χ3v) is 4.03. The molecule has 0 radical (unpaired) electrons. The summed E-state index contributed by atoms with van der Waals surface area (Å²) >= 11 is 9.34. The van der Waals surface area contributed by atoms with Gasteiger partial charge in [0.25, 0.3) is 0 Å². The zero-order valence-corrected chi connectivity index (χ0v) is 12.9. The van der Waals surface area contributed by atoms with E-state index in [4.69, 9.17) is 16.7 Å². The molecule has 108 valence electrons. The van der Waals surface area contributed by atoms with Crippen LogP contribution in [0.4, 0.5) is 10.5 Å². The van der Waals surface area contributed by atoms with E-state index in [1.807, 2.05) is 0 Å². The molecule has 1 aromatic carbocycles. The number of carboxylic acids is 1. The zero-order valence-electron chi connectivity index (χ0n) is 10.6. The van der Waals surface area contributed by atoms with Gasteiger partial charge in [-0.1, -0.05) is 27.5 Å². The maximum atomic E-state index is 12.2. The predicted molar refractivity (Wildman–Crippen MR) is 80.2 cm³/mol. The summed E-state index contributed by atoms with van der Waals surface area (Å²) in [5.74, 6) is -0.892. The molecule has 0 aromatic heterocycles. The number of halogens is 2. The summed E-state index contributed by atoms with van der Waals surface area (Å²) < 4.78 is 0.824. The number of carboxylic acid groups (broad SMARTS) is 1. The average Bonchev–Trinajstić information content (AvgIpc) is 2.80. The van der Waals surface area contributed by atoms with Crippen LogP contribution in [0, 0.1) is 0 Å². The lowest BCUT2D eigenvalue weighted by Crippen LogP contribution is -2.39. The van der Waals surface area contributed by atoms with Crippen molar-refractivity contribution in [2.75, 3.05) is 11.9 Å². The minimum atomic E-state index is -0.892. The second kappa shape index (κ2) is 6.45. The van der Waals surface area contributed by atoms with Gasteiger partial charge in [0.05, 0.1) is 17.1 Å². The van der Waals surface area contributed by atoms with E-state index < -0.39 is 5.97 Å². The number of urea groups is 1. The fourth-order valence-electron chi connectivity index (χ4n) is 2.29. The van der Waals surface area contributed by atoms with Gasteiger partial charge >= 0.3 is 12.0 Å². The van der Waals surface area contributed by atoms with Crippen LogP contribution in [0.1, 0.15) is 19.3 Å². The summed E-state index contributed by atoms with van der Waals surface area (Å²) in [6.45, 7) is 0.567. The number of aliphatic carboxylic acids is 1. The van der Waals surface area contributed by atoms with Gasteiger partial charge in [-0.05, 0) is 31.0 Å². The van der Waals surface area contributed by atoms with Crippen LogP contribution in [0.3, 0.4) is 0 Å². The van der Waals surface area contributed by atoms with E-state index >= 15 is 0 Å². The molecule has 1 saturated heterocycles. The standard InChI is InChI=1S/C13H14BrClN2O3/c14-8-3-4-11(10(15)6-8)16-13(20)17-5-1-2-9(17)7-12(18)19/h3-4,6,9H,1-2,5,7H2,(H,16,20)(H,18,19).